The number of halogens is 1. The van der Waals surface area contributed by atoms with E-state index in [-0.39, 0.29) is 16.6 Å². The maximum Gasteiger partial charge on any atom is 0.356 e. The van der Waals surface area contributed by atoms with Gasteiger partial charge < -0.3 is 9.30 Å². The zero-order valence-corrected chi connectivity index (χ0v) is 15.5. The SMILES string of the molecule is CC.CCOC(=O)c1cnc2n1C(c1cccc(F)c1)C(C)(C)S2. The monoisotopic (exact) mass is 350 g/mol. The number of nitrogens with zero attached hydrogens (tertiary/aromatic N) is 2. The van der Waals surface area contributed by atoms with Crippen molar-refractivity contribution in [1.29, 1.82) is 0 Å². The summed E-state index contributed by atoms with van der Waals surface area (Å²) in [4.78, 5) is 16.5. The van der Waals surface area contributed by atoms with Crippen molar-refractivity contribution in [2.75, 3.05) is 6.61 Å². The molecule has 2 heterocycles. The lowest BCUT2D eigenvalue weighted by molar-refractivity contribution is 0.0511. The Labute approximate surface area is 146 Å². The van der Waals surface area contributed by atoms with Crippen molar-refractivity contribution in [1.82, 2.24) is 9.55 Å². The van der Waals surface area contributed by atoms with Gasteiger partial charge in [0.2, 0.25) is 0 Å². The zero-order chi connectivity index (χ0) is 17.9. The van der Waals surface area contributed by atoms with Crippen LogP contribution in [-0.2, 0) is 4.74 Å². The molecule has 0 saturated carbocycles. The molecule has 0 saturated heterocycles. The van der Waals surface area contributed by atoms with Crippen LogP contribution in [0.4, 0.5) is 4.39 Å². The molecule has 1 unspecified atom stereocenters. The molecule has 130 valence electrons. The summed E-state index contributed by atoms with van der Waals surface area (Å²) in [5.41, 5.74) is 1.23. The number of imidazole rings is 1. The van der Waals surface area contributed by atoms with E-state index >= 15 is 0 Å². The highest BCUT2D eigenvalue weighted by molar-refractivity contribution is 8.00. The van der Waals surface area contributed by atoms with E-state index in [1.54, 1.807) is 24.8 Å². The van der Waals surface area contributed by atoms with Gasteiger partial charge in [-0.15, -0.1) is 0 Å². The zero-order valence-electron chi connectivity index (χ0n) is 14.7. The third-order valence-electron chi connectivity index (χ3n) is 3.68. The number of carbonyl (C=O) groups excluding carboxylic acids is 1. The third-order valence-corrected chi connectivity index (χ3v) is 4.92. The first-order chi connectivity index (χ1) is 11.4. The molecule has 0 aliphatic carbocycles. The fourth-order valence-corrected chi connectivity index (χ4v) is 4.09. The molecule has 0 N–H and O–H groups in total. The molecule has 2 aromatic rings. The lowest BCUT2D eigenvalue weighted by atomic mass is 9.94. The van der Waals surface area contributed by atoms with E-state index in [1.165, 1.54) is 18.3 Å². The highest BCUT2D eigenvalue weighted by atomic mass is 32.2. The summed E-state index contributed by atoms with van der Waals surface area (Å²) in [5, 5.41) is 0.752. The van der Waals surface area contributed by atoms with E-state index in [0.717, 1.165) is 10.7 Å². The Bertz CT molecular complexity index is 728. The van der Waals surface area contributed by atoms with Crippen molar-refractivity contribution >= 4 is 17.7 Å². The predicted octanol–water partition coefficient (Wildman–Crippen LogP) is 4.70. The van der Waals surface area contributed by atoms with Crippen molar-refractivity contribution in [3.8, 4) is 0 Å². The molecule has 0 amide bonds. The Hall–Kier alpha value is -1.82. The Morgan fingerprint density at radius 2 is 2.12 bits per heavy atom. The van der Waals surface area contributed by atoms with Gasteiger partial charge in [-0.05, 0) is 38.5 Å². The number of ether oxygens (including phenoxy) is 1. The molecule has 1 aliphatic heterocycles. The first-order valence-corrected chi connectivity index (χ1v) is 8.94. The Kier molecular flexibility index (Phi) is 5.70. The minimum atomic E-state index is -0.402. The number of aromatic nitrogens is 2. The van der Waals surface area contributed by atoms with E-state index in [2.05, 4.69) is 18.8 Å². The number of rotatable bonds is 3. The minimum Gasteiger partial charge on any atom is -0.461 e. The predicted molar refractivity (Wildman–Crippen MR) is 94.0 cm³/mol. The van der Waals surface area contributed by atoms with Crippen molar-refractivity contribution in [3.05, 3.63) is 47.5 Å². The molecule has 1 atom stereocenters. The number of fused-ring (bicyclic) bond motifs is 1. The van der Waals surface area contributed by atoms with Gasteiger partial charge in [0.25, 0.3) is 0 Å². The average Bonchev–Trinajstić information content (AvgIpc) is 3.03. The Morgan fingerprint density at radius 1 is 1.42 bits per heavy atom. The van der Waals surface area contributed by atoms with Crippen LogP contribution in [0.5, 0.6) is 0 Å². The van der Waals surface area contributed by atoms with Gasteiger partial charge in [-0.1, -0.05) is 37.7 Å². The minimum absolute atomic E-state index is 0.176. The number of thioether (sulfide) groups is 1. The number of esters is 1. The van der Waals surface area contributed by atoms with Crippen LogP contribution in [0, 0.1) is 5.82 Å². The highest BCUT2D eigenvalue weighted by Crippen LogP contribution is 2.51. The van der Waals surface area contributed by atoms with Crippen LogP contribution in [0.2, 0.25) is 0 Å². The first kappa shape index (κ1) is 18.5. The molecule has 0 radical (unpaired) electrons. The van der Waals surface area contributed by atoms with Crippen LogP contribution < -0.4 is 0 Å². The van der Waals surface area contributed by atoms with Gasteiger partial charge in [0, 0.05) is 4.75 Å². The number of hydrogen-bond acceptors (Lipinski definition) is 4. The molecular weight excluding hydrogens is 327 g/mol. The van der Waals surface area contributed by atoms with Crippen molar-refractivity contribution < 1.29 is 13.9 Å². The van der Waals surface area contributed by atoms with Crippen LogP contribution in [0.25, 0.3) is 0 Å². The van der Waals surface area contributed by atoms with Gasteiger partial charge in [0.1, 0.15) is 11.5 Å². The number of hydrogen-bond donors (Lipinski definition) is 0. The molecule has 6 heteroatoms. The molecule has 1 aromatic heterocycles. The fourth-order valence-electron chi connectivity index (χ4n) is 2.85. The topological polar surface area (TPSA) is 44.1 Å². The van der Waals surface area contributed by atoms with E-state index in [0.29, 0.717) is 12.3 Å². The van der Waals surface area contributed by atoms with E-state index in [1.807, 2.05) is 24.5 Å². The van der Waals surface area contributed by atoms with Crippen LogP contribution in [0.3, 0.4) is 0 Å². The molecule has 0 bridgehead atoms. The maximum atomic E-state index is 13.6. The molecule has 4 nitrogen and oxygen atoms in total. The summed E-state index contributed by atoms with van der Waals surface area (Å²) in [7, 11) is 0. The Morgan fingerprint density at radius 3 is 2.75 bits per heavy atom. The van der Waals surface area contributed by atoms with Crippen molar-refractivity contribution in [2.24, 2.45) is 0 Å². The number of carbonyl (C=O) groups is 1. The summed E-state index contributed by atoms with van der Waals surface area (Å²) < 4.78 is 20.4. The molecule has 0 fully saturated rings. The number of benzene rings is 1. The normalized spacial score (nSPS) is 17.7. The van der Waals surface area contributed by atoms with Crippen LogP contribution in [-0.4, -0.2) is 26.9 Å². The summed E-state index contributed by atoms with van der Waals surface area (Å²) in [5.74, 6) is -0.689. The van der Waals surface area contributed by atoms with Gasteiger partial charge in [-0.2, -0.15) is 0 Å². The first-order valence-electron chi connectivity index (χ1n) is 8.13. The van der Waals surface area contributed by atoms with Gasteiger partial charge >= 0.3 is 5.97 Å². The van der Waals surface area contributed by atoms with Crippen LogP contribution >= 0.6 is 11.8 Å². The third kappa shape index (κ3) is 3.34. The smallest absolute Gasteiger partial charge is 0.356 e. The summed E-state index contributed by atoms with van der Waals surface area (Å²) in [6.07, 6.45) is 1.53. The quantitative estimate of drug-likeness (QED) is 0.753. The van der Waals surface area contributed by atoms with Gasteiger partial charge in [0.15, 0.2) is 5.16 Å². The highest BCUT2D eigenvalue weighted by Gasteiger charge is 2.44. The van der Waals surface area contributed by atoms with Crippen molar-refractivity contribution in [2.45, 2.75) is 50.6 Å². The lowest BCUT2D eigenvalue weighted by Gasteiger charge is -2.28. The average molecular weight is 350 g/mol. The second-order valence-corrected chi connectivity index (χ2v) is 7.30. The van der Waals surface area contributed by atoms with Gasteiger partial charge in [-0.25, -0.2) is 14.2 Å². The van der Waals surface area contributed by atoms with Crippen molar-refractivity contribution in [3.63, 3.8) is 0 Å². The second kappa shape index (κ2) is 7.38. The van der Waals surface area contributed by atoms with E-state index in [9.17, 15) is 9.18 Å². The molecular formula is C18H23FN2O2S. The fraction of sp³-hybridized carbons (Fsp3) is 0.444. The molecule has 0 spiro atoms. The summed E-state index contributed by atoms with van der Waals surface area (Å²) in [6.45, 7) is 10.2. The summed E-state index contributed by atoms with van der Waals surface area (Å²) >= 11 is 1.58. The molecule has 24 heavy (non-hydrogen) atoms. The molecule has 1 aliphatic rings. The molecule has 3 rings (SSSR count). The van der Waals surface area contributed by atoms with Gasteiger partial charge in [0.05, 0.1) is 18.8 Å². The largest absolute Gasteiger partial charge is 0.461 e. The standard InChI is InChI=1S/C16H17FN2O2S.C2H6/c1-4-21-14(20)12-9-18-15-19(12)13(16(2,3)22-15)10-6-5-7-11(17)8-10;1-2/h5-9,13H,4H2,1-3H3;1-2H3. The van der Waals surface area contributed by atoms with Crippen LogP contribution in [0.15, 0.2) is 35.6 Å². The maximum absolute atomic E-state index is 13.6. The van der Waals surface area contributed by atoms with E-state index < -0.39 is 5.97 Å². The summed E-state index contributed by atoms with van der Waals surface area (Å²) in [6, 6.07) is 6.31. The lowest BCUT2D eigenvalue weighted by Crippen LogP contribution is -2.28. The second-order valence-electron chi connectivity index (χ2n) is 5.68. The van der Waals surface area contributed by atoms with E-state index in [4.69, 9.17) is 4.74 Å². The Balaban J connectivity index is 0.00000100. The molecule has 1 aromatic carbocycles. The van der Waals surface area contributed by atoms with Gasteiger partial charge in [-0.3, -0.25) is 0 Å². The van der Waals surface area contributed by atoms with Crippen LogP contribution in [0.1, 0.15) is 56.7 Å².